The number of rotatable bonds is 2. The lowest BCUT2D eigenvalue weighted by molar-refractivity contribution is -0.143. The van der Waals surface area contributed by atoms with Crippen LogP contribution in [0.2, 0.25) is 0 Å². The highest BCUT2D eigenvalue weighted by Gasteiger charge is 2.34. The minimum absolute atomic E-state index is 0.142. The van der Waals surface area contributed by atoms with Crippen molar-refractivity contribution < 1.29 is 19.0 Å². The third-order valence-corrected chi connectivity index (χ3v) is 4.66. The molecule has 5 nitrogen and oxygen atoms in total. The topological polar surface area (TPSA) is 74.4 Å². The van der Waals surface area contributed by atoms with Gasteiger partial charge in [-0.1, -0.05) is 12.1 Å². The molecule has 2 atom stereocenters. The fourth-order valence-corrected chi connectivity index (χ4v) is 3.52. The van der Waals surface area contributed by atoms with Crippen LogP contribution in [0.5, 0.6) is 5.75 Å². The van der Waals surface area contributed by atoms with Crippen LogP contribution >= 0.6 is 0 Å². The van der Waals surface area contributed by atoms with Crippen LogP contribution in [0.4, 0.5) is 4.39 Å². The van der Waals surface area contributed by atoms with Crippen LogP contribution in [0.1, 0.15) is 22.9 Å². The van der Waals surface area contributed by atoms with E-state index in [9.17, 15) is 14.3 Å². The molecule has 0 radical (unpaired) electrons. The molecule has 2 heterocycles. The molecule has 6 heteroatoms. The normalized spacial score (nSPS) is 19.6. The fourth-order valence-electron chi connectivity index (χ4n) is 3.52. The standard InChI is InChI=1S/C19H17FN2O3/c1-25-19(24)16-9-14-13-6-5-11(20)8-15(13)21-18(14)17(22-16)10-3-2-4-12(23)7-10/h2-8,16-17,21-23H,9H2,1H3. The highest BCUT2D eigenvalue weighted by molar-refractivity contribution is 5.87. The molecule has 0 aliphatic carbocycles. The zero-order valence-electron chi connectivity index (χ0n) is 13.5. The third-order valence-electron chi connectivity index (χ3n) is 4.66. The molecule has 0 bridgehead atoms. The highest BCUT2D eigenvalue weighted by atomic mass is 19.1. The lowest BCUT2D eigenvalue weighted by Gasteiger charge is -2.30. The predicted molar refractivity (Wildman–Crippen MR) is 90.9 cm³/mol. The number of phenolic OH excluding ortho intramolecular Hbond substituents is 1. The van der Waals surface area contributed by atoms with E-state index in [0.29, 0.717) is 11.9 Å². The number of halogens is 1. The van der Waals surface area contributed by atoms with Crippen molar-refractivity contribution in [1.82, 2.24) is 10.3 Å². The molecule has 3 N–H and O–H groups in total. The Morgan fingerprint density at radius 3 is 2.88 bits per heavy atom. The van der Waals surface area contributed by atoms with Gasteiger partial charge in [0.05, 0.1) is 13.2 Å². The molecule has 2 aromatic carbocycles. The lowest BCUT2D eigenvalue weighted by atomic mass is 9.90. The summed E-state index contributed by atoms with van der Waals surface area (Å²) in [5.41, 5.74) is 3.31. The van der Waals surface area contributed by atoms with Gasteiger partial charge >= 0.3 is 5.97 Å². The van der Waals surface area contributed by atoms with Gasteiger partial charge in [-0.25, -0.2) is 4.39 Å². The van der Waals surface area contributed by atoms with Crippen LogP contribution in [0, 0.1) is 5.82 Å². The molecule has 25 heavy (non-hydrogen) atoms. The zero-order chi connectivity index (χ0) is 17.6. The number of hydrogen-bond donors (Lipinski definition) is 3. The number of esters is 1. The molecule has 4 rings (SSSR count). The van der Waals surface area contributed by atoms with Crippen molar-refractivity contribution in [3.05, 3.63) is 65.1 Å². The Bertz CT molecular complexity index is 966. The molecule has 0 fully saturated rings. The van der Waals surface area contributed by atoms with Crippen LogP contribution in [0.15, 0.2) is 42.5 Å². The number of phenols is 1. The minimum atomic E-state index is -0.520. The zero-order valence-corrected chi connectivity index (χ0v) is 13.5. The molecule has 1 aliphatic rings. The van der Waals surface area contributed by atoms with Gasteiger partial charge in [-0.15, -0.1) is 0 Å². The van der Waals surface area contributed by atoms with Crippen molar-refractivity contribution in [2.75, 3.05) is 7.11 Å². The van der Waals surface area contributed by atoms with Crippen LogP contribution in [0.3, 0.4) is 0 Å². The maximum atomic E-state index is 13.6. The van der Waals surface area contributed by atoms with Crippen LogP contribution in [0.25, 0.3) is 10.9 Å². The predicted octanol–water partition coefficient (Wildman–Crippen LogP) is 2.79. The number of aromatic nitrogens is 1. The SMILES string of the molecule is COC(=O)C1Cc2c([nH]c3cc(F)ccc23)C(c2cccc(O)c2)N1. The van der Waals surface area contributed by atoms with E-state index in [2.05, 4.69) is 10.3 Å². The van der Waals surface area contributed by atoms with Gasteiger partial charge in [-0.3, -0.25) is 10.1 Å². The summed E-state index contributed by atoms with van der Waals surface area (Å²) in [6.45, 7) is 0. The maximum Gasteiger partial charge on any atom is 0.323 e. The number of carbonyl (C=O) groups is 1. The lowest BCUT2D eigenvalue weighted by Crippen LogP contribution is -2.45. The van der Waals surface area contributed by atoms with Gasteiger partial charge in [0, 0.05) is 23.0 Å². The van der Waals surface area contributed by atoms with E-state index >= 15 is 0 Å². The van der Waals surface area contributed by atoms with Gasteiger partial charge in [-0.05, 0) is 41.5 Å². The van der Waals surface area contributed by atoms with E-state index in [1.54, 1.807) is 24.3 Å². The number of aromatic amines is 1. The Balaban J connectivity index is 1.89. The summed E-state index contributed by atoms with van der Waals surface area (Å²) in [6, 6.07) is 10.6. The van der Waals surface area contributed by atoms with Crippen LogP contribution in [-0.4, -0.2) is 29.2 Å². The largest absolute Gasteiger partial charge is 0.508 e. The van der Waals surface area contributed by atoms with Crippen LogP contribution in [-0.2, 0) is 16.0 Å². The monoisotopic (exact) mass is 340 g/mol. The Morgan fingerprint density at radius 2 is 2.12 bits per heavy atom. The average molecular weight is 340 g/mol. The second-order valence-electron chi connectivity index (χ2n) is 6.18. The first-order chi connectivity index (χ1) is 12.1. The third kappa shape index (κ3) is 2.64. The summed E-state index contributed by atoms with van der Waals surface area (Å²) in [5.74, 6) is -0.534. The summed E-state index contributed by atoms with van der Waals surface area (Å²) in [5, 5.41) is 14.0. The molecule has 2 unspecified atom stereocenters. The molecule has 128 valence electrons. The number of aromatic hydroxyl groups is 1. The van der Waals surface area contributed by atoms with Gasteiger partial charge in [0.25, 0.3) is 0 Å². The summed E-state index contributed by atoms with van der Waals surface area (Å²) in [6.07, 6.45) is 0.447. The molecule has 1 aliphatic heterocycles. The maximum absolute atomic E-state index is 13.6. The molecular formula is C19H17FN2O3. The number of fused-ring (bicyclic) bond motifs is 3. The van der Waals surface area contributed by atoms with Gasteiger partial charge in [0.2, 0.25) is 0 Å². The highest BCUT2D eigenvalue weighted by Crippen LogP contribution is 2.36. The molecular weight excluding hydrogens is 323 g/mol. The Labute approximate surface area is 143 Å². The van der Waals surface area contributed by atoms with Crippen molar-refractivity contribution in [3.8, 4) is 5.75 Å². The molecule has 1 aromatic heterocycles. The van der Waals surface area contributed by atoms with Gasteiger partial charge in [-0.2, -0.15) is 0 Å². The summed E-state index contributed by atoms with van der Waals surface area (Å²) >= 11 is 0. The van der Waals surface area contributed by atoms with E-state index in [1.165, 1.54) is 19.2 Å². The molecule has 0 amide bonds. The van der Waals surface area contributed by atoms with E-state index in [-0.39, 0.29) is 23.6 Å². The fraction of sp³-hybridized carbons (Fsp3) is 0.211. The van der Waals surface area contributed by atoms with Crippen LogP contribution < -0.4 is 5.32 Å². The first-order valence-electron chi connectivity index (χ1n) is 7.99. The quantitative estimate of drug-likeness (QED) is 0.627. The van der Waals surface area contributed by atoms with E-state index in [0.717, 1.165) is 22.2 Å². The Hall–Kier alpha value is -2.86. The van der Waals surface area contributed by atoms with Crippen molar-refractivity contribution >= 4 is 16.9 Å². The second kappa shape index (κ2) is 5.89. The molecule has 0 saturated heterocycles. The van der Waals surface area contributed by atoms with Crippen molar-refractivity contribution in [3.63, 3.8) is 0 Å². The second-order valence-corrected chi connectivity index (χ2v) is 6.18. The first kappa shape index (κ1) is 15.7. The molecule has 3 aromatic rings. The number of H-pyrrole nitrogens is 1. The first-order valence-corrected chi connectivity index (χ1v) is 7.99. The molecule has 0 saturated carbocycles. The number of carbonyl (C=O) groups excluding carboxylic acids is 1. The van der Waals surface area contributed by atoms with E-state index in [1.807, 2.05) is 6.07 Å². The average Bonchev–Trinajstić information content (AvgIpc) is 2.97. The van der Waals surface area contributed by atoms with Crippen molar-refractivity contribution in [2.24, 2.45) is 0 Å². The number of methoxy groups -OCH3 is 1. The minimum Gasteiger partial charge on any atom is -0.508 e. The van der Waals surface area contributed by atoms with Crippen molar-refractivity contribution in [1.29, 1.82) is 0 Å². The van der Waals surface area contributed by atoms with E-state index in [4.69, 9.17) is 4.74 Å². The number of hydrogen-bond acceptors (Lipinski definition) is 4. The Morgan fingerprint density at radius 1 is 1.28 bits per heavy atom. The Kier molecular flexibility index (Phi) is 3.69. The summed E-state index contributed by atoms with van der Waals surface area (Å²) in [4.78, 5) is 15.4. The molecule has 0 spiro atoms. The number of ether oxygens (including phenoxy) is 1. The van der Waals surface area contributed by atoms with Crippen molar-refractivity contribution in [2.45, 2.75) is 18.5 Å². The van der Waals surface area contributed by atoms with Gasteiger partial charge in [0.15, 0.2) is 0 Å². The number of nitrogens with one attached hydrogen (secondary N) is 2. The summed E-state index contributed by atoms with van der Waals surface area (Å²) < 4.78 is 18.5. The smallest absolute Gasteiger partial charge is 0.323 e. The van der Waals surface area contributed by atoms with E-state index < -0.39 is 6.04 Å². The van der Waals surface area contributed by atoms with Gasteiger partial charge < -0.3 is 14.8 Å². The summed E-state index contributed by atoms with van der Waals surface area (Å²) in [7, 11) is 1.35. The number of benzene rings is 2. The van der Waals surface area contributed by atoms with Gasteiger partial charge in [0.1, 0.15) is 17.6 Å².